The van der Waals surface area contributed by atoms with Crippen LogP contribution in [0.15, 0.2) is 61.1 Å². The fraction of sp³-hybridized carbons (Fsp3) is 0.0417. The fourth-order valence-electron chi connectivity index (χ4n) is 3.87. The monoisotopic (exact) mass is 453 g/mol. The van der Waals surface area contributed by atoms with E-state index in [-0.39, 0.29) is 5.75 Å². The Kier molecular flexibility index (Phi) is 4.44. The van der Waals surface area contributed by atoms with Gasteiger partial charge in [-0.15, -0.1) is 0 Å². The van der Waals surface area contributed by atoms with E-state index >= 15 is 0 Å². The van der Waals surface area contributed by atoms with Crippen molar-refractivity contribution < 1.29 is 14.2 Å². The van der Waals surface area contributed by atoms with E-state index in [1.165, 1.54) is 25.4 Å². The molecule has 0 radical (unpaired) electrons. The molecule has 34 heavy (non-hydrogen) atoms. The number of H-pyrrole nitrogens is 2. The highest BCUT2D eigenvalue weighted by atomic mass is 19.1. The topological polar surface area (TPSA) is 125 Å². The third kappa shape index (κ3) is 3.28. The molecule has 6 rings (SSSR count). The van der Waals surface area contributed by atoms with Crippen LogP contribution in [0.2, 0.25) is 0 Å². The molecule has 166 valence electrons. The van der Waals surface area contributed by atoms with E-state index in [1.54, 1.807) is 30.6 Å². The van der Waals surface area contributed by atoms with Crippen LogP contribution in [0.5, 0.6) is 11.5 Å². The first kappa shape index (κ1) is 19.8. The van der Waals surface area contributed by atoms with Crippen LogP contribution in [0.4, 0.5) is 4.39 Å². The molecular weight excluding hydrogens is 437 g/mol. The van der Waals surface area contributed by atoms with Crippen molar-refractivity contribution in [3.63, 3.8) is 0 Å². The molecule has 0 atom stereocenters. The second kappa shape index (κ2) is 7.62. The number of fused-ring (bicyclic) bond motifs is 2. The lowest BCUT2D eigenvalue weighted by molar-refractivity contribution is 0.411. The first-order valence-electron chi connectivity index (χ1n) is 10.3. The number of benzene rings is 1. The molecular formula is C24H16FN7O2. The summed E-state index contributed by atoms with van der Waals surface area (Å²) in [5.41, 5.74) is 5.48. The summed E-state index contributed by atoms with van der Waals surface area (Å²) in [4.78, 5) is 21.2. The summed E-state index contributed by atoms with van der Waals surface area (Å²) in [7, 11) is 1.48. The van der Waals surface area contributed by atoms with E-state index in [0.29, 0.717) is 56.3 Å². The van der Waals surface area contributed by atoms with Crippen molar-refractivity contribution in [3.8, 4) is 45.5 Å². The molecule has 0 aliphatic heterocycles. The van der Waals surface area contributed by atoms with Crippen molar-refractivity contribution in [2.24, 2.45) is 0 Å². The SMILES string of the molecule is COc1cc(F)cc(-c2nccc3[nH]c(-c4n[nH]c5ccc(-c6cncc(O)c6)nc45)nc23)c1. The molecule has 0 aliphatic rings. The number of aromatic nitrogens is 7. The smallest absolute Gasteiger partial charge is 0.161 e. The van der Waals surface area contributed by atoms with E-state index in [1.807, 2.05) is 12.1 Å². The van der Waals surface area contributed by atoms with Crippen LogP contribution in [0.25, 0.3) is 56.1 Å². The van der Waals surface area contributed by atoms with Crippen molar-refractivity contribution in [1.82, 2.24) is 35.1 Å². The third-order valence-electron chi connectivity index (χ3n) is 5.43. The maximum absolute atomic E-state index is 14.1. The Labute approximate surface area is 191 Å². The van der Waals surface area contributed by atoms with E-state index in [4.69, 9.17) is 14.7 Å². The molecule has 5 heterocycles. The van der Waals surface area contributed by atoms with Gasteiger partial charge in [-0.05, 0) is 36.4 Å². The Morgan fingerprint density at radius 1 is 0.912 bits per heavy atom. The lowest BCUT2D eigenvalue weighted by Gasteiger charge is -2.05. The second-order valence-corrected chi connectivity index (χ2v) is 7.62. The Morgan fingerprint density at radius 3 is 2.65 bits per heavy atom. The van der Waals surface area contributed by atoms with Crippen LogP contribution in [0.3, 0.4) is 0 Å². The highest BCUT2D eigenvalue weighted by Gasteiger charge is 2.18. The molecule has 0 bridgehead atoms. The number of aromatic hydroxyl groups is 1. The Hall–Kier alpha value is -4.86. The van der Waals surface area contributed by atoms with Crippen molar-refractivity contribution in [2.75, 3.05) is 7.11 Å². The van der Waals surface area contributed by atoms with Crippen LogP contribution in [-0.2, 0) is 0 Å². The minimum Gasteiger partial charge on any atom is -0.506 e. The van der Waals surface area contributed by atoms with Gasteiger partial charge in [-0.2, -0.15) is 5.10 Å². The van der Waals surface area contributed by atoms with Gasteiger partial charge in [0.25, 0.3) is 0 Å². The number of hydrogen-bond donors (Lipinski definition) is 3. The van der Waals surface area contributed by atoms with Crippen LogP contribution in [0, 0.1) is 5.82 Å². The highest BCUT2D eigenvalue weighted by Crippen LogP contribution is 2.32. The van der Waals surface area contributed by atoms with Gasteiger partial charge in [0.15, 0.2) is 11.5 Å². The molecule has 1 aromatic carbocycles. The summed E-state index contributed by atoms with van der Waals surface area (Å²) in [6, 6.07) is 11.5. The maximum atomic E-state index is 14.1. The zero-order chi connectivity index (χ0) is 23.2. The third-order valence-corrected chi connectivity index (χ3v) is 5.43. The van der Waals surface area contributed by atoms with Crippen molar-refractivity contribution in [1.29, 1.82) is 0 Å². The average molecular weight is 453 g/mol. The maximum Gasteiger partial charge on any atom is 0.161 e. The molecule has 3 N–H and O–H groups in total. The highest BCUT2D eigenvalue weighted by molar-refractivity contribution is 5.95. The zero-order valence-corrected chi connectivity index (χ0v) is 17.7. The number of nitrogens with one attached hydrogen (secondary N) is 2. The number of imidazole rings is 1. The average Bonchev–Trinajstić information content (AvgIpc) is 3.47. The molecule has 0 amide bonds. The number of methoxy groups -OCH3 is 1. The fourth-order valence-corrected chi connectivity index (χ4v) is 3.87. The first-order chi connectivity index (χ1) is 16.6. The molecule has 9 nitrogen and oxygen atoms in total. The summed E-state index contributed by atoms with van der Waals surface area (Å²) < 4.78 is 19.3. The number of nitrogens with zero attached hydrogens (tertiary/aromatic N) is 5. The predicted molar refractivity (Wildman–Crippen MR) is 124 cm³/mol. The lowest BCUT2D eigenvalue weighted by Crippen LogP contribution is -1.90. The molecule has 10 heteroatoms. The van der Waals surface area contributed by atoms with E-state index in [2.05, 4.69) is 25.1 Å². The molecule has 5 aromatic heterocycles. The molecule has 0 aliphatic carbocycles. The summed E-state index contributed by atoms with van der Waals surface area (Å²) in [5.74, 6) is 0.497. The molecule has 0 unspecified atom stereocenters. The summed E-state index contributed by atoms with van der Waals surface area (Å²) in [5, 5.41) is 17.2. The number of hydrogen-bond acceptors (Lipinski definition) is 7. The van der Waals surface area contributed by atoms with Crippen LogP contribution >= 0.6 is 0 Å². The van der Waals surface area contributed by atoms with Crippen LogP contribution in [-0.4, -0.2) is 47.3 Å². The standard InChI is InChI=1S/C24H16FN7O2/c1-34-16-8-12(6-14(25)9-16)20-21-18(4-5-27-20)29-24(30-21)23-22-19(31-32-23)3-2-17(28-22)13-7-15(33)11-26-10-13/h2-11,33H,1H3,(H,29,30)(H,31,32). The molecule has 0 saturated carbocycles. The van der Waals surface area contributed by atoms with Gasteiger partial charge in [0.05, 0.1) is 35.7 Å². The van der Waals surface area contributed by atoms with Gasteiger partial charge in [0.2, 0.25) is 0 Å². The van der Waals surface area contributed by atoms with Crippen LogP contribution < -0.4 is 4.74 Å². The number of aromatic amines is 2. The van der Waals surface area contributed by atoms with Gasteiger partial charge in [-0.25, -0.2) is 14.4 Å². The Bertz CT molecular complexity index is 1690. The number of halogens is 1. The molecule has 0 saturated heterocycles. The van der Waals surface area contributed by atoms with Gasteiger partial charge < -0.3 is 14.8 Å². The van der Waals surface area contributed by atoms with Gasteiger partial charge in [0.1, 0.15) is 28.3 Å². The molecule has 0 fully saturated rings. The van der Waals surface area contributed by atoms with Crippen molar-refractivity contribution >= 4 is 22.1 Å². The summed E-state index contributed by atoms with van der Waals surface area (Å²) in [6.45, 7) is 0. The summed E-state index contributed by atoms with van der Waals surface area (Å²) in [6.07, 6.45) is 4.62. The predicted octanol–water partition coefficient (Wildman–Crippen LogP) is 4.48. The minimum atomic E-state index is -0.430. The number of ether oxygens (including phenoxy) is 1. The van der Waals surface area contributed by atoms with E-state index in [9.17, 15) is 9.50 Å². The normalized spacial score (nSPS) is 11.4. The summed E-state index contributed by atoms with van der Waals surface area (Å²) >= 11 is 0. The van der Waals surface area contributed by atoms with E-state index < -0.39 is 5.82 Å². The number of rotatable bonds is 4. The van der Waals surface area contributed by atoms with Gasteiger partial charge in [-0.3, -0.25) is 15.1 Å². The lowest BCUT2D eigenvalue weighted by atomic mass is 10.1. The van der Waals surface area contributed by atoms with Crippen molar-refractivity contribution in [3.05, 3.63) is 66.9 Å². The quantitative estimate of drug-likeness (QED) is 0.359. The molecule has 0 spiro atoms. The number of pyridine rings is 3. The van der Waals surface area contributed by atoms with Gasteiger partial charge in [-0.1, -0.05) is 0 Å². The van der Waals surface area contributed by atoms with Crippen molar-refractivity contribution in [2.45, 2.75) is 0 Å². The van der Waals surface area contributed by atoms with Gasteiger partial charge >= 0.3 is 0 Å². The van der Waals surface area contributed by atoms with E-state index in [0.717, 1.165) is 5.52 Å². The zero-order valence-electron chi connectivity index (χ0n) is 17.7. The van der Waals surface area contributed by atoms with Gasteiger partial charge in [0, 0.05) is 29.6 Å². The minimum absolute atomic E-state index is 0.0538. The largest absolute Gasteiger partial charge is 0.506 e. The Morgan fingerprint density at radius 2 is 1.79 bits per heavy atom. The van der Waals surface area contributed by atoms with Crippen LogP contribution in [0.1, 0.15) is 0 Å². The first-order valence-corrected chi connectivity index (χ1v) is 10.3. The Balaban J connectivity index is 1.50. The molecule has 6 aromatic rings. The second-order valence-electron chi connectivity index (χ2n) is 7.62.